The largest absolute Gasteiger partial charge is 0.510 e. The average Bonchev–Trinajstić information content (AvgIpc) is 3.42. The molecule has 0 saturated carbocycles. The number of hydrogen-bond acceptors (Lipinski definition) is 3. The molecule has 16 rings (SSSR count). The Morgan fingerprint density at radius 2 is 1.08 bits per heavy atom. The molecule has 0 spiro atoms. The van der Waals surface area contributed by atoms with Gasteiger partial charge in [-0.05, 0) is 132 Å². The van der Waals surface area contributed by atoms with Gasteiger partial charge in [0.2, 0.25) is 0 Å². The van der Waals surface area contributed by atoms with Gasteiger partial charge in [0, 0.05) is 60.6 Å². The maximum Gasteiger partial charge on any atom is 0.268 e. The van der Waals surface area contributed by atoms with Crippen LogP contribution in [0.2, 0.25) is 0 Å². The van der Waals surface area contributed by atoms with Crippen LogP contribution in [0, 0.1) is 18.5 Å². The van der Waals surface area contributed by atoms with Crippen molar-refractivity contribution in [2.24, 2.45) is 0 Å². The van der Waals surface area contributed by atoms with E-state index in [-0.39, 0.29) is 26.5 Å². The van der Waals surface area contributed by atoms with Gasteiger partial charge < -0.3 is 18.3 Å². The van der Waals surface area contributed by atoms with Crippen molar-refractivity contribution in [3.8, 4) is 95.5 Å². The van der Waals surface area contributed by atoms with E-state index in [9.17, 15) is 0 Å². The summed E-state index contributed by atoms with van der Waals surface area (Å²) >= 11 is 0. The molecule has 5 heterocycles. The number of imidazole rings is 1. The number of benzene rings is 11. The predicted molar refractivity (Wildman–Crippen MR) is 332 cm³/mol. The van der Waals surface area contributed by atoms with Crippen molar-refractivity contribution in [2.45, 2.75) is 26.2 Å². The summed E-state index contributed by atoms with van der Waals surface area (Å²) in [4.78, 5) is 4.91. The number of pyridine rings is 1. The number of para-hydroxylation sites is 4. The minimum absolute atomic E-state index is 0. The van der Waals surface area contributed by atoms with Gasteiger partial charge >= 0.3 is 0 Å². The summed E-state index contributed by atoms with van der Waals surface area (Å²) in [7, 11) is 0. The summed E-state index contributed by atoms with van der Waals surface area (Å²) in [6, 6.07) is 93.6. The van der Waals surface area contributed by atoms with E-state index in [1.54, 1.807) is 0 Å². The third-order valence-corrected chi connectivity index (χ3v) is 16.3. The molecule has 0 atom stereocenters. The second-order valence-electron chi connectivity index (χ2n) is 22.3. The fourth-order valence-corrected chi connectivity index (χ4v) is 12.5. The van der Waals surface area contributed by atoms with Gasteiger partial charge in [0.15, 0.2) is 0 Å². The molecule has 0 unspecified atom stereocenters. The fourth-order valence-electron chi connectivity index (χ4n) is 12.5. The van der Waals surface area contributed by atoms with Crippen molar-refractivity contribution in [3.63, 3.8) is 0 Å². The first-order valence-electron chi connectivity index (χ1n) is 27.8. The minimum Gasteiger partial charge on any atom is -0.510 e. The van der Waals surface area contributed by atoms with E-state index in [2.05, 4.69) is 271 Å². The molecule has 83 heavy (non-hydrogen) atoms. The molecule has 1 aliphatic heterocycles. The van der Waals surface area contributed by atoms with Crippen LogP contribution in [-0.2, 0) is 26.5 Å². The molecule has 0 aliphatic carbocycles. The van der Waals surface area contributed by atoms with Crippen LogP contribution >= 0.6 is 0 Å². The van der Waals surface area contributed by atoms with Gasteiger partial charge in [-0.2, -0.15) is 18.2 Å². The molecule has 398 valence electrons. The van der Waals surface area contributed by atoms with Gasteiger partial charge in [-0.3, -0.25) is 4.57 Å². The quantitative estimate of drug-likeness (QED) is 0.118. The zero-order valence-electron chi connectivity index (χ0n) is 45.6. The Balaban J connectivity index is 0.00000588. The Hall–Kier alpha value is -9.87. The van der Waals surface area contributed by atoms with Crippen molar-refractivity contribution < 1.29 is 34.8 Å². The third kappa shape index (κ3) is 8.27. The number of ether oxygens (including phenoxy) is 1. The van der Waals surface area contributed by atoms with Gasteiger partial charge in [0.25, 0.3) is 6.33 Å². The zero-order valence-corrected chi connectivity index (χ0v) is 47.9. The molecule has 15 aromatic rings. The van der Waals surface area contributed by atoms with Crippen LogP contribution in [0.3, 0.4) is 0 Å². The first kappa shape index (κ1) is 50.1. The second kappa shape index (κ2) is 19.7. The Morgan fingerprint density at radius 1 is 0.470 bits per heavy atom. The number of rotatable bonds is 7. The Kier molecular flexibility index (Phi) is 11.9. The number of fused-ring (bicyclic) bond motifs is 14. The van der Waals surface area contributed by atoms with E-state index in [0.717, 1.165) is 139 Å². The Bertz CT molecular complexity index is 5010. The number of hydrogen-bond donors (Lipinski definition) is 0. The average molecular weight is 1250 g/mol. The molecular formula is C76H50N4O2Pt-2. The van der Waals surface area contributed by atoms with Gasteiger partial charge in [-0.15, -0.1) is 29.7 Å². The van der Waals surface area contributed by atoms with Crippen molar-refractivity contribution in [3.05, 3.63) is 273 Å². The molecule has 11 aromatic carbocycles. The first-order chi connectivity index (χ1) is 40.3. The summed E-state index contributed by atoms with van der Waals surface area (Å²) in [5.41, 5.74) is 21.5. The maximum absolute atomic E-state index is 7.08. The monoisotopic (exact) mass is 1250 g/mol. The summed E-state index contributed by atoms with van der Waals surface area (Å²) < 4.78 is 20.5. The molecule has 6 nitrogen and oxygen atoms in total. The SMILES string of the molecule is CC(C)(C)c1ccnc(-n2c3[c-]c(Oc4[c-]c(-n5[c-][n+]6c7c(cccc75)-c5ccccc5-c5ccc7c(oc8ccccc87)c5-c5cccc(-c7cc(-c8ccccc8)cc(-c8ccccc8)c7)c5-6)ccc4)ccc3c3ccccc32)c1.[Pt]. The Morgan fingerprint density at radius 3 is 1.87 bits per heavy atom. The molecule has 0 radical (unpaired) electrons. The second-order valence-corrected chi connectivity index (χ2v) is 22.3. The smallest absolute Gasteiger partial charge is 0.268 e. The molecular weight excluding hydrogens is 1200 g/mol. The molecule has 1 aliphatic rings. The summed E-state index contributed by atoms with van der Waals surface area (Å²) in [6.45, 7) is 6.69. The van der Waals surface area contributed by atoms with Crippen LogP contribution in [0.15, 0.2) is 253 Å². The molecule has 0 N–H and O–H groups in total. The maximum atomic E-state index is 7.08. The standard InChI is InChI=1S/C76H50N4O2.Pt/c1-76(2,3)53-39-40-77-71(44-53)80-67-32-14-12-27-60(67)61-36-35-56(46-69(61)80)81-55-24-16-23-54(45-55)78-47-79-73-57(52-42-50(48-19-6-4-7-20-48)41-51(43-52)49-21-8-5-9-22-49)29-17-31-66(73)72-63(37-38-65-62-28-13-15-34-70(62)82-75(65)72)58-25-10-11-26-59(58)64-30-18-33-68(78)74(64)79;/h4-44H,1-3H3;/q-2;. The van der Waals surface area contributed by atoms with E-state index >= 15 is 0 Å². The van der Waals surface area contributed by atoms with Gasteiger partial charge in [0.1, 0.15) is 17.0 Å². The van der Waals surface area contributed by atoms with Gasteiger partial charge in [-0.25, -0.2) is 4.98 Å². The summed E-state index contributed by atoms with van der Waals surface area (Å²) in [6.07, 6.45) is 5.91. The number of furan rings is 1. The molecule has 4 aromatic heterocycles. The fraction of sp³-hybridized carbons (Fsp3) is 0.0526. The zero-order chi connectivity index (χ0) is 54.6. The van der Waals surface area contributed by atoms with Gasteiger partial charge in [-0.1, -0.05) is 190 Å². The minimum atomic E-state index is -0.0566. The van der Waals surface area contributed by atoms with E-state index in [1.165, 1.54) is 5.56 Å². The van der Waals surface area contributed by atoms with E-state index < -0.39 is 0 Å². The van der Waals surface area contributed by atoms with Crippen LogP contribution in [0.1, 0.15) is 26.3 Å². The number of aromatic nitrogens is 4. The molecule has 0 amide bonds. The van der Waals surface area contributed by atoms with Crippen LogP contribution < -0.4 is 9.30 Å². The predicted octanol–water partition coefficient (Wildman–Crippen LogP) is 19.1. The molecule has 0 fully saturated rings. The molecule has 0 saturated heterocycles. The van der Waals surface area contributed by atoms with Crippen LogP contribution in [0.25, 0.3) is 139 Å². The van der Waals surface area contributed by atoms with Crippen molar-refractivity contribution >= 4 is 54.8 Å². The van der Waals surface area contributed by atoms with E-state index in [1.807, 2.05) is 30.5 Å². The Labute approximate surface area is 495 Å². The third-order valence-electron chi connectivity index (χ3n) is 16.3. The van der Waals surface area contributed by atoms with Crippen molar-refractivity contribution in [2.75, 3.05) is 0 Å². The normalized spacial score (nSPS) is 11.9. The summed E-state index contributed by atoms with van der Waals surface area (Å²) in [5.74, 6) is 1.94. The van der Waals surface area contributed by atoms with E-state index in [4.69, 9.17) is 14.1 Å². The van der Waals surface area contributed by atoms with Crippen molar-refractivity contribution in [1.29, 1.82) is 0 Å². The molecule has 7 heteroatoms. The van der Waals surface area contributed by atoms with Gasteiger partial charge in [0.05, 0.1) is 16.7 Å². The molecule has 0 bridgehead atoms. The summed E-state index contributed by atoms with van der Waals surface area (Å²) in [5, 5.41) is 4.33. The van der Waals surface area contributed by atoms with Crippen LogP contribution in [0.4, 0.5) is 0 Å². The van der Waals surface area contributed by atoms with E-state index in [0.29, 0.717) is 11.5 Å². The van der Waals surface area contributed by atoms with Crippen LogP contribution in [-0.4, -0.2) is 14.1 Å². The topological polar surface area (TPSA) is 49.0 Å². The van der Waals surface area contributed by atoms with Crippen molar-refractivity contribution in [1.82, 2.24) is 14.1 Å². The van der Waals surface area contributed by atoms with Crippen LogP contribution in [0.5, 0.6) is 11.5 Å². The first-order valence-corrected chi connectivity index (χ1v) is 27.8. The number of nitrogens with zero attached hydrogens (tertiary/aromatic N) is 4.